The molecule has 1 fully saturated rings. The Morgan fingerprint density at radius 1 is 1.25 bits per heavy atom. The highest BCUT2D eigenvalue weighted by atomic mass is 16.5. The first-order valence-corrected chi connectivity index (χ1v) is 6.84. The minimum absolute atomic E-state index is 0.123. The largest absolute Gasteiger partial charge is 0.494 e. The van der Waals surface area contributed by atoms with Crippen LogP contribution in [0.4, 0.5) is 0 Å². The molecular formula is C15H19NO4. The third-order valence-corrected chi connectivity index (χ3v) is 3.28. The van der Waals surface area contributed by atoms with Crippen molar-refractivity contribution < 1.29 is 19.1 Å². The average molecular weight is 277 g/mol. The molecule has 0 aromatic heterocycles. The second kappa shape index (κ2) is 6.41. The zero-order valence-corrected chi connectivity index (χ0v) is 11.7. The van der Waals surface area contributed by atoms with Gasteiger partial charge in [-0.05, 0) is 31.5 Å². The monoisotopic (exact) mass is 277 g/mol. The van der Waals surface area contributed by atoms with E-state index in [2.05, 4.69) is 5.32 Å². The smallest absolute Gasteiger partial charge is 0.329 e. The SMILES string of the molecule is CCOC(=O)C1NC(=O)CC1c1ccc(OCC)cc1. The van der Waals surface area contributed by atoms with E-state index >= 15 is 0 Å². The maximum Gasteiger partial charge on any atom is 0.329 e. The molecule has 0 radical (unpaired) electrons. The number of carbonyl (C=O) groups excluding carboxylic acids is 2. The molecule has 20 heavy (non-hydrogen) atoms. The van der Waals surface area contributed by atoms with Gasteiger partial charge in [0.15, 0.2) is 0 Å². The van der Waals surface area contributed by atoms with Gasteiger partial charge in [-0.3, -0.25) is 4.79 Å². The van der Waals surface area contributed by atoms with E-state index in [9.17, 15) is 9.59 Å². The number of amides is 1. The van der Waals surface area contributed by atoms with Crippen molar-refractivity contribution in [3.63, 3.8) is 0 Å². The highest BCUT2D eigenvalue weighted by Gasteiger charge is 2.39. The minimum atomic E-state index is -0.597. The second-order valence-corrected chi connectivity index (χ2v) is 4.61. The van der Waals surface area contributed by atoms with E-state index in [-0.39, 0.29) is 17.8 Å². The van der Waals surface area contributed by atoms with Crippen molar-refractivity contribution in [1.82, 2.24) is 5.32 Å². The van der Waals surface area contributed by atoms with E-state index in [4.69, 9.17) is 9.47 Å². The van der Waals surface area contributed by atoms with Crippen LogP contribution in [-0.2, 0) is 14.3 Å². The van der Waals surface area contributed by atoms with Gasteiger partial charge in [-0.25, -0.2) is 4.79 Å². The standard InChI is InChI=1S/C15H19NO4/c1-3-19-11-7-5-10(6-8-11)12-9-13(17)16-14(12)15(18)20-4-2/h5-8,12,14H,3-4,9H2,1-2H3,(H,16,17). The van der Waals surface area contributed by atoms with Crippen LogP contribution in [0.5, 0.6) is 5.75 Å². The van der Waals surface area contributed by atoms with Gasteiger partial charge in [-0.15, -0.1) is 0 Å². The maximum atomic E-state index is 11.9. The topological polar surface area (TPSA) is 64.6 Å². The molecule has 2 rings (SSSR count). The van der Waals surface area contributed by atoms with Crippen molar-refractivity contribution in [2.45, 2.75) is 32.2 Å². The maximum absolute atomic E-state index is 11.9. The fourth-order valence-corrected chi connectivity index (χ4v) is 2.39. The molecule has 5 nitrogen and oxygen atoms in total. The Balaban J connectivity index is 2.16. The molecule has 2 unspecified atom stereocenters. The molecule has 2 atom stereocenters. The van der Waals surface area contributed by atoms with Gasteiger partial charge in [0.2, 0.25) is 5.91 Å². The predicted molar refractivity (Wildman–Crippen MR) is 73.5 cm³/mol. The summed E-state index contributed by atoms with van der Waals surface area (Å²) in [6.45, 7) is 4.58. The van der Waals surface area contributed by atoms with Crippen LogP contribution in [0, 0.1) is 0 Å². The van der Waals surface area contributed by atoms with Crippen molar-refractivity contribution in [2.75, 3.05) is 13.2 Å². The van der Waals surface area contributed by atoms with E-state index in [0.717, 1.165) is 11.3 Å². The Labute approximate surface area is 118 Å². The van der Waals surface area contributed by atoms with Crippen LogP contribution in [0.25, 0.3) is 0 Å². The van der Waals surface area contributed by atoms with Crippen molar-refractivity contribution in [1.29, 1.82) is 0 Å². The number of hydrogen-bond acceptors (Lipinski definition) is 4. The van der Waals surface area contributed by atoms with Gasteiger partial charge in [-0.1, -0.05) is 12.1 Å². The number of hydrogen-bond donors (Lipinski definition) is 1. The molecule has 1 N–H and O–H groups in total. The molecule has 1 saturated heterocycles. The van der Waals surface area contributed by atoms with Gasteiger partial charge in [0.1, 0.15) is 11.8 Å². The number of ether oxygens (including phenoxy) is 2. The molecule has 0 saturated carbocycles. The molecule has 1 aromatic rings. The Morgan fingerprint density at radius 3 is 2.55 bits per heavy atom. The van der Waals surface area contributed by atoms with E-state index < -0.39 is 6.04 Å². The van der Waals surface area contributed by atoms with Crippen molar-refractivity contribution in [2.24, 2.45) is 0 Å². The highest BCUT2D eigenvalue weighted by molar-refractivity contribution is 5.90. The molecule has 5 heteroatoms. The average Bonchev–Trinajstić information content (AvgIpc) is 2.82. The molecule has 0 aliphatic carbocycles. The van der Waals surface area contributed by atoms with Crippen molar-refractivity contribution in [3.8, 4) is 5.75 Å². The quantitative estimate of drug-likeness (QED) is 0.831. The van der Waals surface area contributed by atoms with Crippen molar-refractivity contribution >= 4 is 11.9 Å². The van der Waals surface area contributed by atoms with Crippen LogP contribution >= 0.6 is 0 Å². The molecule has 1 aliphatic heterocycles. The second-order valence-electron chi connectivity index (χ2n) is 4.61. The van der Waals surface area contributed by atoms with E-state index in [1.807, 2.05) is 31.2 Å². The fourth-order valence-electron chi connectivity index (χ4n) is 2.39. The third-order valence-electron chi connectivity index (χ3n) is 3.28. The normalized spacial score (nSPS) is 21.4. The van der Waals surface area contributed by atoms with Gasteiger partial charge in [0, 0.05) is 12.3 Å². The van der Waals surface area contributed by atoms with E-state index in [1.54, 1.807) is 6.92 Å². The zero-order chi connectivity index (χ0) is 14.5. The van der Waals surface area contributed by atoms with E-state index in [1.165, 1.54) is 0 Å². The summed E-state index contributed by atoms with van der Waals surface area (Å²) in [6.07, 6.45) is 0.303. The molecule has 0 bridgehead atoms. The Hall–Kier alpha value is -2.04. The Bertz CT molecular complexity index is 483. The number of nitrogens with one attached hydrogen (secondary N) is 1. The van der Waals surface area contributed by atoms with Crippen LogP contribution in [0.15, 0.2) is 24.3 Å². The lowest BCUT2D eigenvalue weighted by atomic mass is 9.92. The van der Waals surface area contributed by atoms with Crippen LogP contribution in [0.1, 0.15) is 31.7 Å². The summed E-state index contributed by atoms with van der Waals surface area (Å²) in [4.78, 5) is 23.5. The van der Waals surface area contributed by atoms with Crippen LogP contribution < -0.4 is 10.1 Å². The van der Waals surface area contributed by atoms with Gasteiger partial charge in [0.25, 0.3) is 0 Å². The summed E-state index contributed by atoms with van der Waals surface area (Å²) in [7, 11) is 0. The minimum Gasteiger partial charge on any atom is -0.494 e. The number of esters is 1. The first kappa shape index (κ1) is 14.4. The summed E-state index contributed by atoms with van der Waals surface area (Å²) >= 11 is 0. The molecular weight excluding hydrogens is 258 g/mol. The number of carbonyl (C=O) groups is 2. The van der Waals surface area contributed by atoms with Crippen molar-refractivity contribution in [3.05, 3.63) is 29.8 Å². The van der Waals surface area contributed by atoms with Gasteiger partial charge in [-0.2, -0.15) is 0 Å². The lowest BCUT2D eigenvalue weighted by molar-refractivity contribution is -0.146. The lowest BCUT2D eigenvalue weighted by Crippen LogP contribution is -2.37. The molecule has 1 aliphatic rings. The molecule has 0 spiro atoms. The van der Waals surface area contributed by atoms with Gasteiger partial charge >= 0.3 is 5.97 Å². The Kier molecular flexibility index (Phi) is 4.61. The highest BCUT2D eigenvalue weighted by Crippen LogP contribution is 2.30. The van der Waals surface area contributed by atoms with Crippen LogP contribution in [-0.4, -0.2) is 31.1 Å². The van der Waals surface area contributed by atoms with Gasteiger partial charge < -0.3 is 14.8 Å². The molecule has 1 aromatic carbocycles. The first-order chi connectivity index (χ1) is 9.65. The first-order valence-electron chi connectivity index (χ1n) is 6.84. The summed E-state index contributed by atoms with van der Waals surface area (Å²) < 4.78 is 10.4. The number of rotatable bonds is 5. The predicted octanol–water partition coefficient (Wildman–Crippen LogP) is 1.62. The van der Waals surface area contributed by atoms with Crippen LogP contribution in [0.3, 0.4) is 0 Å². The van der Waals surface area contributed by atoms with E-state index in [0.29, 0.717) is 19.6 Å². The number of benzene rings is 1. The lowest BCUT2D eigenvalue weighted by Gasteiger charge is -2.17. The summed E-state index contributed by atoms with van der Waals surface area (Å²) in [5.41, 5.74) is 0.935. The van der Waals surface area contributed by atoms with Gasteiger partial charge in [0.05, 0.1) is 13.2 Å². The fraction of sp³-hybridized carbons (Fsp3) is 0.467. The van der Waals surface area contributed by atoms with Crippen LogP contribution in [0.2, 0.25) is 0 Å². The summed E-state index contributed by atoms with van der Waals surface area (Å²) in [5.74, 6) is 0.0950. The molecule has 1 amide bonds. The third kappa shape index (κ3) is 3.10. The molecule has 1 heterocycles. The Morgan fingerprint density at radius 2 is 1.95 bits per heavy atom. The summed E-state index contributed by atoms with van der Waals surface area (Å²) in [6, 6.07) is 6.89. The summed E-state index contributed by atoms with van der Waals surface area (Å²) in [5, 5.41) is 2.68. The molecule has 108 valence electrons. The zero-order valence-electron chi connectivity index (χ0n) is 11.7.